The number of hydrogen-bond acceptors (Lipinski definition) is 6. The number of ether oxygens (including phenoxy) is 3. The summed E-state index contributed by atoms with van der Waals surface area (Å²) < 4.78 is 16.8. The van der Waals surface area contributed by atoms with Crippen molar-refractivity contribution >= 4 is 17.9 Å². The Balaban J connectivity index is 4.46. The summed E-state index contributed by atoms with van der Waals surface area (Å²) in [7, 11) is 0. The Morgan fingerprint density at radius 3 is 0.912 bits per heavy atom. The predicted molar refractivity (Wildman–Crippen MR) is 293 cm³/mol. The van der Waals surface area contributed by atoms with E-state index in [1.807, 2.05) is 0 Å². The van der Waals surface area contributed by atoms with Crippen molar-refractivity contribution in [2.24, 2.45) is 0 Å². The van der Waals surface area contributed by atoms with Crippen molar-refractivity contribution in [1.29, 1.82) is 0 Å². The Kier molecular flexibility index (Phi) is 52.9. The van der Waals surface area contributed by atoms with Crippen LogP contribution < -0.4 is 0 Å². The van der Waals surface area contributed by atoms with Gasteiger partial charge in [-0.15, -0.1) is 0 Å². The number of unbranched alkanes of at least 4 members (excludes halogenated alkanes) is 23. The van der Waals surface area contributed by atoms with E-state index < -0.39 is 6.10 Å². The molecule has 0 aromatic heterocycles. The molecule has 0 aromatic rings. The van der Waals surface area contributed by atoms with Crippen molar-refractivity contribution in [2.75, 3.05) is 13.2 Å². The molecule has 0 aliphatic carbocycles. The van der Waals surface area contributed by atoms with Crippen LogP contribution in [0.1, 0.15) is 258 Å². The number of carbonyl (C=O) groups excluding carboxylic acids is 3. The standard InChI is InChI=1S/C62H104O6/c1-4-7-10-13-16-19-22-25-28-30-32-34-37-40-43-46-49-52-55-61(64)67-58-59(57-66-60(63)54-51-48-45-42-39-36-33-27-24-21-18-15-12-9-6-3)68-62(65)56-53-50-47-44-41-38-35-31-29-26-23-20-17-14-11-8-5-2/h8-9,11-12,17-18,20-21,26-30,33,35,38,59H,4-7,10,13-16,19,22-25,31-32,34,36-37,39-58H2,1-3H3/b11-8-,12-9-,20-17-,21-18-,29-26-,30-28-,33-27-,38-35-. The van der Waals surface area contributed by atoms with Crippen LogP contribution in [0.25, 0.3) is 0 Å². The molecule has 0 spiro atoms. The van der Waals surface area contributed by atoms with Crippen LogP contribution in [0, 0.1) is 0 Å². The van der Waals surface area contributed by atoms with Gasteiger partial charge in [0.1, 0.15) is 13.2 Å². The van der Waals surface area contributed by atoms with Crippen molar-refractivity contribution in [3.05, 3.63) is 97.2 Å². The molecule has 0 amide bonds. The SMILES string of the molecule is CC/C=C\C/C=C\C/C=C\C/C=C\CCCCCCC(=O)OC(COC(=O)CCCCCCC/C=C\C/C=C\C/C=C\CC)COC(=O)CCCCCCCCC/C=C\CCCCCCCCC. The Hall–Kier alpha value is -3.67. The molecular weight excluding hydrogens is 841 g/mol. The number of allylic oxidation sites excluding steroid dienone is 16. The molecule has 0 bridgehead atoms. The van der Waals surface area contributed by atoms with E-state index in [4.69, 9.17) is 14.2 Å². The third-order valence-corrected chi connectivity index (χ3v) is 11.8. The van der Waals surface area contributed by atoms with Crippen molar-refractivity contribution in [3.8, 4) is 0 Å². The molecule has 6 nitrogen and oxygen atoms in total. The quantitative estimate of drug-likeness (QED) is 0.0262. The Morgan fingerprint density at radius 2 is 0.574 bits per heavy atom. The lowest BCUT2D eigenvalue weighted by Gasteiger charge is -2.18. The van der Waals surface area contributed by atoms with Crippen LogP contribution in [-0.2, 0) is 28.6 Å². The van der Waals surface area contributed by atoms with Crippen molar-refractivity contribution in [2.45, 2.75) is 264 Å². The first-order chi connectivity index (χ1) is 33.5. The number of carbonyl (C=O) groups is 3. The molecule has 0 N–H and O–H groups in total. The molecular formula is C62H104O6. The lowest BCUT2D eigenvalue weighted by molar-refractivity contribution is -0.167. The Bertz CT molecular complexity index is 1360. The minimum Gasteiger partial charge on any atom is -0.462 e. The summed E-state index contributed by atoms with van der Waals surface area (Å²) in [5.41, 5.74) is 0. The maximum absolute atomic E-state index is 12.8. The maximum atomic E-state index is 12.8. The molecule has 0 saturated heterocycles. The largest absolute Gasteiger partial charge is 0.462 e. The molecule has 0 rings (SSSR count). The molecule has 0 aliphatic rings. The van der Waals surface area contributed by atoms with Gasteiger partial charge in [-0.25, -0.2) is 0 Å². The average molecular weight is 946 g/mol. The second-order valence-corrected chi connectivity index (χ2v) is 18.4. The minimum atomic E-state index is -0.801. The molecule has 6 heteroatoms. The highest BCUT2D eigenvalue weighted by atomic mass is 16.6. The second-order valence-electron chi connectivity index (χ2n) is 18.4. The summed E-state index contributed by atoms with van der Waals surface area (Å²) in [5.74, 6) is -0.939. The predicted octanol–water partition coefficient (Wildman–Crippen LogP) is 18.9. The molecule has 68 heavy (non-hydrogen) atoms. The summed E-state index contributed by atoms with van der Waals surface area (Å²) in [6.07, 6.45) is 73.9. The Morgan fingerprint density at radius 1 is 0.309 bits per heavy atom. The fourth-order valence-electron chi connectivity index (χ4n) is 7.62. The highest BCUT2D eigenvalue weighted by Gasteiger charge is 2.19. The van der Waals surface area contributed by atoms with Gasteiger partial charge in [0.15, 0.2) is 6.10 Å². The zero-order valence-electron chi connectivity index (χ0n) is 44.3. The van der Waals surface area contributed by atoms with E-state index >= 15 is 0 Å². The van der Waals surface area contributed by atoms with Crippen molar-refractivity contribution in [3.63, 3.8) is 0 Å². The molecule has 0 fully saturated rings. The van der Waals surface area contributed by atoms with Crippen molar-refractivity contribution < 1.29 is 28.6 Å². The molecule has 1 atom stereocenters. The van der Waals surface area contributed by atoms with Gasteiger partial charge < -0.3 is 14.2 Å². The molecule has 0 heterocycles. The van der Waals surface area contributed by atoms with Gasteiger partial charge in [0.2, 0.25) is 0 Å². The number of esters is 3. The summed E-state index contributed by atoms with van der Waals surface area (Å²) in [6.45, 7) is 6.38. The van der Waals surface area contributed by atoms with Crippen molar-refractivity contribution in [1.82, 2.24) is 0 Å². The third kappa shape index (κ3) is 53.3. The van der Waals surface area contributed by atoms with Gasteiger partial charge in [-0.05, 0) is 116 Å². The summed E-state index contributed by atoms with van der Waals surface area (Å²) >= 11 is 0. The monoisotopic (exact) mass is 945 g/mol. The zero-order valence-corrected chi connectivity index (χ0v) is 44.3. The maximum Gasteiger partial charge on any atom is 0.306 e. The highest BCUT2D eigenvalue weighted by Crippen LogP contribution is 2.14. The van der Waals surface area contributed by atoms with Crippen LogP contribution in [0.15, 0.2) is 97.2 Å². The zero-order chi connectivity index (χ0) is 49.3. The second kappa shape index (κ2) is 55.9. The highest BCUT2D eigenvalue weighted by molar-refractivity contribution is 5.71. The van der Waals surface area contributed by atoms with Crippen LogP contribution in [0.2, 0.25) is 0 Å². The number of rotatable bonds is 50. The fourth-order valence-corrected chi connectivity index (χ4v) is 7.62. The summed E-state index contributed by atoms with van der Waals surface area (Å²) in [5, 5.41) is 0. The topological polar surface area (TPSA) is 78.9 Å². The molecule has 0 aliphatic heterocycles. The van der Waals surface area contributed by atoms with E-state index in [2.05, 4.69) is 118 Å². The van der Waals surface area contributed by atoms with Gasteiger partial charge >= 0.3 is 17.9 Å². The van der Waals surface area contributed by atoms with E-state index in [0.29, 0.717) is 19.3 Å². The lowest BCUT2D eigenvalue weighted by atomic mass is 10.1. The van der Waals surface area contributed by atoms with E-state index in [1.165, 1.54) is 83.5 Å². The van der Waals surface area contributed by atoms with E-state index in [-0.39, 0.29) is 31.1 Å². The van der Waals surface area contributed by atoms with E-state index in [9.17, 15) is 14.4 Å². The van der Waals surface area contributed by atoms with Gasteiger partial charge in [-0.1, -0.05) is 221 Å². The first kappa shape index (κ1) is 64.3. The smallest absolute Gasteiger partial charge is 0.306 e. The molecule has 388 valence electrons. The van der Waals surface area contributed by atoms with Crippen LogP contribution in [0.4, 0.5) is 0 Å². The number of hydrogen-bond donors (Lipinski definition) is 0. The van der Waals surface area contributed by atoms with Gasteiger partial charge in [-0.3, -0.25) is 14.4 Å². The van der Waals surface area contributed by atoms with Gasteiger partial charge in [0, 0.05) is 19.3 Å². The summed E-state index contributed by atoms with van der Waals surface area (Å²) in [4.78, 5) is 38.1. The fraction of sp³-hybridized carbons (Fsp3) is 0.694. The van der Waals surface area contributed by atoms with Gasteiger partial charge in [-0.2, -0.15) is 0 Å². The molecule has 0 aromatic carbocycles. The van der Waals surface area contributed by atoms with Crippen LogP contribution >= 0.6 is 0 Å². The molecule has 0 radical (unpaired) electrons. The molecule has 1 unspecified atom stereocenters. The summed E-state index contributed by atoms with van der Waals surface area (Å²) in [6, 6.07) is 0. The average Bonchev–Trinajstić information content (AvgIpc) is 3.34. The van der Waals surface area contributed by atoms with Crippen LogP contribution in [0.5, 0.6) is 0 Å². The molecule has 0 saturated carbocycles. The van der Waals surface area contributed by atoms with E-state index in [1.54, 1.807) is 0 Å². The van der Waals surface area contributed by atoms with Gasteiger partial charge in [0.05, 0.1) is 0 Å². The first-order valence-electron chi connectivity index (χ1n) is 28.2. The van der Waals surface area contributed by atoms with Crippen LogP contribution in [0.3, 0.4) is 0 Å². The first-order valence-corrected chi connectivity index (χ1v) is 28.2. The van der Waals surface area contributed by atoms with Crippen LogP contribution in [-0.4, -0.2) is 37.2 Å². The third-order valence-electron chi connectivity index (χ3n) is 11.8. The normalized spacial score (nSPS) is 12.8. The van der Waals surface area contributed by atoms with Gasteiger partial charge in [0.25, 0.3) is 0 Å². The minimum absolute atomic E-state index is 0.0960. The lowest BCUT2D eigenvalue weighted by Crippen LogP contribution is -2.30. The van der Waals surface area contributed by atoms with E-state index in [0.717, 1.165) is 135 Å². The Labute approximate surface area is 419 Å².